The highest BCUT2D eigenvalue weighted by molar-refractivity contribution is 5.81. The molecule has 0 N–H and O–H groups in total. The lowest BCUT2D eigenvalue weighted by Gasteiger charge is -2.38. The molecule has 9 fully saturated rings. The van der Waals surface area contributed by atoms with E-state index in [1.54, 1.807) is 0 Å². The average Bonchev–Trinajstić information content (AvgIpc) is 4.15. The van der Waals surface area contributed by atoms with Crippen molar-refractivity contribution >= 4 is 47.8 Å². The number of hydrogen-bond acceptors (Lipinski definition) is 16. The van der Waals surface area contributed by atoms with Gasteiger partial charge < -0.3 is 37.9 Å². The molecule has 14 atom stereocenters. The van der Waals surface area contributed by atoms with Crippen molar-refractivity contribution in [1.29, 1.82) is 0 Å². The number of esters is 8. The monoisotopic (exact) mass is 1010 g/mol. The molecule has 8 bridgehead atoms. The minimum atomic E-state index is -0.647. The zero-order valence-electron chi connectivity index (χ0n) is 46.0. The van der Waals surface area contributed by atoms with E-state index in [0.29, 0.717) is 25.7 Å². The molecule has 4 saturated heterocycles. The molecule has 16 nitrogen and oxygen atoms in total. The minimum Gasteiger partial charge on any atom is -0.458 e. The van der Waals surface area contributed by atoms with Crippen molar-refractivity contribution in [2.24, 2.45) is 56.7 Å². The lowest BCUT2D eigenvalue weighted by Crippen LogP contribution is -2.49. The SMILES string of the molecule is CCC(C)(C)C(=O)OC1(C)C2CC3C(=O)OC1C3C2.CCC(C)(C)C(=O)OC1(C)CCC2CC1OC2=O.CCC(C)(C)C(=O)OC1CCC2(C)CC1OC2=O.CCC(C)(C)C(=O)OC1CCC2CC1OC2=O. The van der Waals surface area contributed by atoms with Gasteiger partial charge in [-0.25, -0.2) is 0 Å². The molecule has 406 valence electrons. The Morgan fingerprint density at radius 3 is 1.62 bits per heavy atom. The highest BCUT2D eigenvalue weighted by Crippen LogP contribution is 2.61. The van der Waals surface area contributed by atoms with E-state index in [1.165, 1.54) is 0 Å². The predicted molar refractivity (Wildman–Crippen MR) is 261 cm³/mol. The van der Waals surface area contributed by atoms with Gasteiger partial charge in [0.05, 0.1) is 44.8 Å². The summed E-state index contributed by atoms with van der Waals surface area (Å²) < 4.78 is 44.0. The number of ether oxygens (including phenoxy) is 8. The standard InChI is InChI=1S/C15H22O4.2C14H22O4.C13H20O4/c1-5-14(2,3)13(17)19-15(4)8-6-9-10(7-8)12(16)18-11(9)15;1-5-13(2,3)11(15)17-9-6-7-14(4)8-10(9)18-12(14)16;1-5-13(2,3)12(16)18-14(4)7-6-9-8-10(14)17-11(9)15;1-4-13(2,3)12(15)17-9-6-5-8-7-10(9)16-11(8)14/h8-11H,5-7H2,1-4H3;2*9-10H,5-8H2,1-4H3;8-10H,4-7H2,1-3H3. The summed E-state index contributed by atoms with van der Waals surface area (Å²) in [6.07, 6.45) is 9.81. The topological polar surface area (TPSA) is 210 Å². The summed E-state index contributed by atoms with van der Waals surface area (Å²) in [4.78, 5) is 94.8. The second-order valence-corrected chi connectivity index (χ2v) is 25.5. The van der Waals surface area contributed by atoms with Crippen molar-refractivity contribution in [2.75, 3.05) is 0 Å². The lowest BCUT2D eigenvalue weighted by atomic mass is 9.76. The van der Waals surface area contributed by atoms with E-state index in [2.05, 4.69) is 0 Å². The Bertz CT molecular complexity index is 2110. The van der Waals surface area contributed by atoms with E-state index >= 15 is 0 Å². The zero-order chi connectivity index (χ0) is 53.7. The maximum absolute atomic E-state index is 12.3. The highest BCUT2D eigenvalue weighted by Gasteiger charge is 2.69. The quantitative estimate of drug-likeness (QED) is 0.132. The van der Waals surface area contributed by atoms with Gasteiger partial charge in [0.1, 0.15) is 47.8 Å². The molecule has 0 aromatic carbocycles. The molecule has 16 heteroatoms. The van der Waals surface area contributed by atoms with E-state index in [-0.39, 0.29) is 119 Å². The van der Waals surface area contributed by atoms with Crippen LogP contribution in [0.1, 0.15) is 200 Å². The second kappa shape index (κ2) is 20.8. The number of hydrogen-bond donors (Lipinski definition) is 0. The third kappa shape index (κ3) is 11.4. The van der Waals surface area contributed by atoms with Crippen LogP contribution in [0.25, 0.3) is 0 Å². The molecule has 5 saturated carbocycles. The van der Waals surface area contributed by atoms with Gasteiger partial charge in [-0.05, 0) is 153 Å². The molecular formula is C56H86O16. The molecule has 0 amide bonds. The van der Waals surface area contributed by atoms with Gasteiger partial charge >= 0.3 is 47.8 Å². The number of carbonyl (C=O) groups excluding carboxylic acids is 8. The maximum atomic E-state index is 12.3. The van der Waals surface area contributed by atoms with Crippen LogP contribution in [-0.4, -0.2) is 95.6 Å². The molecule has 9 aliphatic rings. The molecule has 5 aliphatic carbocycles. The Kier molecular flexibility index (Phi) is 16.5. The van der Waals surface area contributed by atoms with Crippen LogP contribution >= 0.6 is 0 Å². The van der Waals surface area contributed by atoms with Gasteiger partial charge in [0.15, 0.2) is 0 Å². The Balaban J connectivity index is 0.000000157. The van der Waals surface area contributed by atoms with Crippen LogP contribution in [-0.2, 0) is 76.3 Å². The summed E-state index contributed by atoms with van der Waals surface area (Å²) >= 11 is 0. The first-order chi connectivity index (χ1) is 33.3. The summed E-state index contributed by atoms with van der Waals surface area (Å²) in [5, 5.41) is 0. The smallest absolute Gasteiger partial charge is 0.312 e. The van der Waals surface area contributed by atoms with E-state index in [1.807, 2.05) is 104 Å². The summed E-state index contributed by atoms with van der Waals surface area (Å²) in [5.74, 6) is -0.594. The van der Waals surface area contributed by atoms with Gasteiger partial charge in [-0.2, -0.15) is 0 Å². The third-order valence-electron chi connectivity index (χ3n) is 18.7. The lowest BCUT2D eigenvalue weighted by molar-refractivity contribution is -0.188. The summed E-state index contributed by atoms with van der Waals surface area (Å²) in [7, 11) is 0. The first kappa shape index (κ1) is 57.0. The molecule has 0 aromatic rings. The van der Waals surface area contributed by atoms with Gasteiger partial charge in [-0.3, -0.25) is 38.4 Å². The van der Waals surface area contributed by atoms with Gasteiger partial charge in [0, 0.05) is 31.1 Å². The molecule has 0 aromatic heterocycles. The Hall–Kier alpha value is -4.24. The first-order valence-corrected chi connectivity index (χ1v) is 27.0. The first-order valence-electron chi connectivity index (χ1n) is 27.0. The van der Waals surface area contributed by atoms with Crippen LogP contribution in [0.4, 0.5) is 0 Å². The third-order valence-corrected chi connectivity index (χ3v) is 18.7. The fourth-order valence-electron chi connectivity index (χ4n) is 11.1. The molecule has 14 unspecified atom stereocenters. The van der Waals surface area contributed by atoms with E-state index in [9.17, 15) is 38.4 Å². The average molecular weight is 1020 g/mol. The van der Waals surface area contributed by atoms with Crippen LogP contribution in [0.5, 0.6) is 0 Å². The van der Waals surface area contributed by atoms with Crippen molar-refractivity contribution in [2.45, 2.75) is 248 Å². The highest BCUT2D eigenvalue weighted by atomic mass is 16.6. The van der Waals surface area contributed by atoms with Crippen molar-refractivity contribution in [3.8, 4) is 0 Å². The van der Waals surface area contributed by atoms with Crippen molar-refractivity contribution in [3.63, 3.8) is 0 Å². The minimum absolute atomic E-state index is 0.0148. The number of rotatable bonds is 12. The fourth-order valence-corrected chi connectivity index (χ4v) is 11.1. The van der Waals surface area contributed by atoms with Crippen molar-refractivity contribution in [3.05, 3.63) is 0 Å². The van der Waals surface area contributed by atoms with Gasteiger partial charge in [0.25, 0.3) is 0 Å². The van der Waals surface area contributed by atoms with Crippen LogP contribution in [0.3, 0.4) is 0 Å². The van der Waals surface area contributed by atoms with Gasteiger partial charge in [-0.15, -0.1) is 0 Å². The molecule has 72 heavy (non-hydrogen) atoms. The van der Waals surface area contributed by atoms with Crippen LogP contribution in [0.15, 0.2) is 0 Å². The van der Waals surface area contributed by atoms with E-state index < -0.39 is 32.9 Å². The summed E-state index contributed by atoms with van der Waals surface area (Å²) in [5.41, 5.74) is -3.50. The fraction of sp³-hybridized carbons (Fsp3) is 0.857. The number of fused-ring (bicyclic) bond motifs is 7. The molecule has 9 rings (SSSR count). The summed E-state index contributed by atoms with van der Waals surface area (Å²) in [6, 6.07) is 0. The van der Waals surface area contributed by atoms with Crippen LogP contribution < -0.4 is 0 Å². The van der Waals surface area contributed by atoms with Crippen LogP contribution in [0.2, 0.25) is 0 Å². The van der Waals surface area contributed by atoms with Gasteiger partial charge in [-0.1, -0.05) is 27.7 Å². The molecular weight excluding hydrogens is 929 g/mol. The Morgan fingerprint density at radius 2 is 1.06 bits per heavy atom. The summed E-state index contributed by atoms with van der Waals surface area (Å²) in [6.45, 7) is 28.7. The van der Waals surface area contributed by atoms with Crippen molar-refractivity contribution < 1.29 is 76.3 Å². The van der Waals surface area contributed by atoms with E-state index in [0.717, 1.165) is 70.6 Å². The molecule has 4 heterocycles. The molecule has 0 spiro atoms. The zero-order valence-corrected chi connectivity index (χ0v) is 46.0. The normalized spacial score (nSPS) is 36.7. The Labute approximate surface area is 427 Å². The maximum Gasteiger partial charge on any atom is 0.312 e. The van der Waals surface area contributed by atoms with E-state index in [4.69, 9.17) is 37.9 Å². The van der Waals surface area contributed by atoms with Crippen molar-refractivity contribution in [1.82, 2.24) is 0 Å². The van der Waals surface area contributed by atoms with Crippen LogP contribution in [0, 0.1) is 56.7 Å². The second-order valence-electron chi connectivity index (χ2n) is 25.5. The molecule has 4 aliphatic heterocycles. The largest absolute Gasteiger partial charge is 0.458 e. The predicted octanol–water partition coefficient (Wildman–Crippen LogP) is 9.27. The van der Waals surface area contributed by atoms with Gasteiger partial charge in [0.2, 0.25) is 0 Å². The molecule has 0 radical (unpaired) electrons. The Morgan fingerprint density at radius 1 is 0.542 bits per heavy atom. The number of carbonyl (C=O) groups is 8.